The van der Waals surface area contributed by atoms with Gasteiger partial charge in [0.2, 0.25) is 10.0 Å². The van der Waals surface area contributed by atoms with E-state index in [1.54, 1.807) is 4.31 Å². The molecule has 0 spiro atoms. The molecule has 1 saturated heterocycles. The van der Waals surface area contributed by atoms with Crippen LogP contribution in [0.25, 0.3) is 0 Å². The van der Waals surface area contributed by atoms with Crippen LogP contribution in [0.1, 0.15) is 38.5 Å². The van der Waals surface area contributed by atoms with Crippen molar-refractivity contribution in [2.45, 2.75) is 44.6 Å². The molecule has 1 aliphatic heterocycles. The van der Waals surface area contributed by atoms with Gasteiger partial charge in [0, 0.05) is 19.1 Å². The van der Waals surface area contributed by atoms with Gasteiger partial charge >= 0.3 is 0 Å². The van der Waals surface area contributed by atoms with E-state index < -0.39 is 10.0 Å². The molecule has 0 aromatic heterocycles. The molecule has 19 heavy (non-hydrogen) atoms. The Labute approximate surface area is 117 Å². The number of hydrogen-bond donors (Lipinski definition) is 1. The standard InChI is InChI=1S/C14H26N2O2S/c1-19(17,18)16-6-4-14(5-7-16)15-10-13-9-11-2-3-12(13)8-11/h11-15H,2-10H2,1H3. The minimum Gasteiger partial charge on any atom is -0.314 e. The van der Waals surface area contributed by atoms with Crippen LogP contribution in [0.3, 0.4) is 0 Å². The van der Waals surface area contributed by atoms with Crippen molar-refractivity contribution >= 4 is 10.0 Å². The molecule has 110 valence electrons. The van der Waals surface area contributed by atoms with Gasteiger partial charge < -0.3 is 5.32 Å². The van der Waals surface area contributed by atoms with E-state index >= 15 is 0 Å². The molecule has 2 aliphatic carbocycles. The fourth-order valence-corrected chi connectivity index (χ4v) is 5.21. The first-order chi connectivity index (χ1) is 9.02. The fraction of sp³-hybridized carbons (Fsp3) is 1.00. The predicted octanol–water partition coefficient (Wildman–Crippen LogP) is 1.44. The molecule has 2 bridgehead atoms. The first kappa shape index (κ1) is 13.8. The van der Waals surface area contributed by atoms with E-state index in [1.807, 2.05) is 0 Å². The summed E-state index contributed by atoms with van der Waals surface area (Å²) in [7, 11) is -2.98. The van der Waals surface area contributed by atoms with Crippen LogP contribution in [0.2, 0.25) is 0 Å². The zero-order chi connectivity index (χ0) is 13.5. The number of sulfonamides is 1. The van der Waals surface area contributed by atoms with Gasteiger partial charge in [-0.05, 0) is 56.4 Å². The molecule has 0 amide bonds. The number of hydrogen-bond acceptors (Lipinski definition) is 3. The second-order valence-electron chi connectivity index (χ2n) is 6.78. The summed E-state index contributed by atoms with van der Waals surface area (Å²) in [5, 5.41) is 3.70. The maximum absolute atomic E-state index is 11.5. The Balaban J connectivity index is 1.41. The molecule has 1 N–H and O–H groups in total. The summed E-state index contributed by atoms with van der Waals surface area (Å²) >= 11 is 0. The first-order valence-corrected chi connectivity index (χ1v) is 9.55. The van der Waals surface area contributed by atoms with Gasteiger partial charge in [-0.2, -0.15) is 0 Å². The average molecular weight is 286 g/mol. The summed E-state index contributed by atoms with van der Waals surface area (Å²) in [5.41, 5.74) is 0. The molecule has 3 unspecified atom stereocenters. The molecular weight excluding hydrogens is 260 g/mol. The van der Waals surface area contributed by atoms with Crippen molar-refractivity contribution in [3.63, 3.8) is 0 Å². The van der Waals surface area contributed by atoms with E-state index in [9.17, 15) is 8.42 Å². The van der Waals surface area contributed by atoms with Crippen LogP contribution < -0.4 is 5.32 Å². The van der Waals surface area contributed by atoms with Gasteiger partial charge in [0.25, 0.3) is 0 Å². The highest BCUT2D eigenvalue weighted by Crippen LogP contribution is 2.48. The Morgan fingerprint density at radius 3 is 2.37 bits per heavy atom. The maximum Gasteiger partial charge on any atom is 0.211 e. The predicted molar refractivity (Wildman–Crippen MR) is 76.4 cm³/mol. The van der Waals surface area contributed by atoms with Gasteiger partial charge in [0.05, 0.1) is 6.26 Å². The normalized spacial score (nSPS) is 37.0. The van der Waals surface area contributed by atoms with E-state index in [-0.39, 0.29) is 0 Å². The fourth-order valence-electron chi connectivity index (χ4n) is 4.34. The van der Waals surface area contributed by atoms with Crippen molar-refractivity contribution in [3.8, 4) is 0 Å². The van der Waals surface area contributed by atoms with Crippen LogP contribution in [-0.4, -0.2) is 44.7 Å². The molecule has 3 atom stereocenters. The van der Waals surface area contributed by atoms with E-state index in [0.29, 0.717) is 19.1 Å². The maximum atomic E-state index is 11.5. The third-order valence-electron chi connectivity index (χ3n) is 5.48. The van der Waals surface area contributed by atoms with Crippen LogP contribution in [0, 0.1) is 17.8 Å². The zero-order valence-electron chi connectivity index (χ0n) is 11.8. The summed E-state index contributed by atoms with van der Waals surface area (Å²) < 4.78 is 24.5. The molecule has 3 fully saturated rings. The SMILES string of the molecule is CS(=O)(=O)N1CCC(NCC2CC3CCC2C3)CC1. The number of nitrogens with one attached hydrogen (secondary N) is 1. The number of nitrogens with zero attached hydrogens (tertiary/aromatic N) is 1. The van der Waals surface area contributed by atoms with Gasteiger partial charge in [-0.25, -0.2) is 12.7 Å². The second kappa shape index (κ2) is 5.34. The quantitative estimate of drug-likeness (QED) is 0.851. The monoisotopic (exact) mass is 286 g/mol. The highest BCUT2D eigenvalue weighted by atomic mass is 32.2. The van der Waals surface area contributed by atoms with Crippen molar-refractivity contribution in [3.05, 3.63) is 0 Å². The minimum atomic E-state index is -2.98. The van der Waals surface area contributed by atoms with Crippen molar-refractivity contribution in [2.24, 2.45) is 17.8 Å². The molecular formula is C14H26N2O2S. The van der Waals surface area contributed by atoms with E-state index in [4.69, 9.17) is 0 Å². The van der Waals surface area contributed by atoms with Crippen LogP contribution in [0.15, 0.2) is 0 Å². The van der Waals surface area contributed by atoms with Gasteiger partial charge in [0.15, 0.2) is 0 Å². The lowest BCUT2D eigenvalue weighted by Gasteiger charge is -2.32. The Morgan fingerprint density at radius 2 is 1.84 bits per heavy atom. The Morgan fingerprint density at radius 1 is 1.11 bits per heavy atom. The average Bonchev–Trinajstić information content (AvgIpc) is 2.98. The Hall–Kier alpha value is -0.130. The minimum absolute atomic E-state index is 0.525. The smallest absolute Gasteiger partial charge is 0.211 e. The molecule has 0 aromatic carbocycles. The molecule has 4 nitrogen and oxygen atoms in total. The molecule has 3 rings (SSSR count). The summed E-state index contributed by atoms with van der Waals surface area (Å²) in [4.78, 5) is 0. The van der Waals surface area contributed by atoms with Crippen LogP contribution in [-0.2, 0) is 10.0 Å². The van der Waals surface area contributed by atoms with Crippen molar-refractivity contribution in [1.82, 2.24) is 9.62 Å². The topological polar surface area (TPSA) is 49.4 Å². The number of piperidine rings is 1. The van der Waals surface area contributed by atoms with Crippen LogP contribution in [0.4, 0.5) is 0 Å². The van der Waals surface area contributed by atoms with Gasteiger partial charge in [-0.15, -0.1) is 0 Å². The summed E-state index contributed by atoms with van der Waals surface area (Å²) in [5.74, 6) is 2.89. The molecule has 0 aromatic rings. The summed E-state index contributed by atoms with van der Waals surface area (Å²) in [6.07, 6.45) is 9.06. The molecule has 0 radical (unpaired) electrons. The van der Waals surface area contributed by atoms with Crippen molar-refractivity contribution in [2.75, 3.05) is 25.9 Å². The number of fused-ring (bicyclic) bond motifs is 2. The highest BCUT2D eigenvalue weighted by Gasteiger charge is 2.39. The van der Waals surface area contributed by atoms with Crippen LogP contribution >= 0.6 is 0 Å². The van der Waals surface area contributed by atoms with Crippen molar-refractivity contribution < 1.29 is 8.42 Å². The molecule has 3 aliphatic rings. The summed E-state index contributed by atoms with van der Waals surface area (Å²) in [6.45, 7) is 2.53. The molecule has 5 heteroatoms. The van der Waals surface area contributed by atoms with Gasteiger partial charge in [-0.1, -0.05) is 6.42 Å². The molecule has 2 saturated carbocycles. The summed E-state index contributed by atoms with van der Waals surface area (Å²) in [6, 6.07) is 0.525. The largest absolute Gasteiger partial charge is 0.314 e. The second-order valence-corrected chi connectivity index (χ2v) is 8.76. The number of rotatable bonds is 4. The molecule has 1 heterocycles. The van der Waals surface area contributed by atoms with Gasteiger partial charge in [-0.3, -0.25) is 0 Å². The first-order valence-electron chi connectivity index (χ1n) is 7.71. The Kier molecular flexibility index (Phi) is 3.89. The van der Waals surface area contributed by atoms with E-state index in [1.165, 1.54) is 31.9 Å². The van der Waals surface area contributed by atoms with Gasteiger partial charge in [0.1, 0.15) is 0 Å². The third-order valence-corrected chi connectivity index (χ3v) is 6.78. The van der Waals surface area contributed by atoms with Crippen molar-refractivity contribution in [1.29, 1.82) is 0 Å². The lowest BCUT2D eigenvalue weighted by atomic mass is 9.88. The Bertz CT molecular complexity index is 415. The highest BCUT2D eigenvalue weighted by molar-refractivity contribution is 7.88. The van der Waals surface area contributed by atoms with Crippen LogP contribution in [0.5, 0.6) is 0 Å². The zero-order valence-corrected chi connectivity index (χ0v) is 12.7. The lowest BCUT2D eigenvalue weighted by Crippen LogP contribution is -2.45. The van der Waals surface area contributed by atoms with E-state index in [0.717, 1.165) is 37.1 Å². The van der Waals surface area contributed by atoms with E-state index in [2.05, 4.69) is 5.32 Å². The lowest BCUT2D eigenvalue weighted by molar-refractivity contribution is 0.257. The third kappa shape index (κ3) is 3.14.